The molecule has 0 spiro atoms. The smallest absolute Gasteiger partial charge is 0.151 e. The van der Waals surface area contributed by atoms with Crippen molar-refractivity contribution in [3.8, 4) is 0 Å². The highest BCUT2D eigenvalue weighted by molar-refractivity contribution is 9.10. The van der Waals surface area contributed by atoms with Crippen LogP contribution in [0.1, 0.15) is 31.9 Å². The van der Waals surface area contributed by atoms with Crippen molar-refractivity contribution in [2.75, 3.05) is 11.5 Å². The Bertz CT molecular complexity index is 1190. The van der Waals surface area contributed by atoms with Gasteiger partial charge < -0.3 is 11.5 Å². The number of anilines is 2. The van der Waals surface area contributed by atoms with Crippen LogP contribution in [0.15, 0.2) is 27.7 Å². The number of nitrogen functional groups attached to an aromatic ring is 2. The van der Waals surface area contributed by atoms with E-state index in [0.717, 1.165) is 31.3 Å². The summed E-state index contributed by atoms with van der Waals surface area (Å²) in [5.74, 6) is 1.08. The van der Waals surface area contributed by atoms with Gasteiger partial charge in [-0.1, -0.05) is 20.8 Å². The molecule has 0 amide bonds. The molecule has 0 aromatic carbocycles. The van der Waals surface area contributed by atoms with Gasteiger partial charge in [0.15, 0.2) is 11.6 Å². The summed E-state index contributed by atoms with van der Waals surface area (Å²) in [6.07, 6.45) is 1.42. The molecular weight excluding hydrogens is 516 g/mol. The van der Waals surface area contributed by atoms with E-state index in [1.807, 2.05) is 16.6 Å². The number of hydrogen-bond donors (Lipinski definition) is 2. The molecule has 0 atom stereocenters. The quantitative estimate of drug-likeness (QED) is 0.360. The van der Waals surface area contributed by atoms with Crippen LogP contribution in [0.5, 0.6) is 0 Å². The second kappa shape index (κ2) is 8.03. The molecule has 4 rings (SSSR count). The molecule has 0 fully saturated rings. The first kappa shape index (κ1) is 21.7. The van der Waals surface area contributed by atoms with E-state index in [2.05, 4.69) is 86.6 Å². The maximum absolute atomic E-state index is 6.09. The van der Waals surface area contributed by atoms with Gasteiger partial charge in [-0.3, -0.25) is 0 Å². The molecule has 0 aliphatic rings. The predicted molar refractivity (Wildman–Crippen MR) is 128 cm³/mol. The van der Waals surface area contributed by atoms with Gasteiger partial charge in [0.05, 0.1) is 0 Å². The fraction of sp³-hybridized carbons (Fsp3) is 0.333. The van der Waals surface area contributed by atoms with E-state index in [-0.39, 0.29) is 5.04 Å². The van der Waals surface area contributed by atoms with Crippen molar-refractivity contribution in [1.29, 1.82) is 0 Å². The number of rotatable bonds is 1. The summed E-state index contributed by atoms with van der Waals surface area (Å²) in [4.78, 5) is 8.33. The molecule has 4 aromatic heterocycles. The van der Waals surface area contributed by atoms with Crippen molar-refractivity contribution in [1.82, 2.24) is 29.2 Å². The zero-order valence-corrected chi connectivity index (χ0v) is 21.6. The molecular formula is C18H24Br2N8Si. The fourth-order valence-electron chi connectivity index (χ4n) is 2.94. The maximum atomic E-state index is 6.09. The lowest BCUT2D eigenvalue weighted by molar-refractivity contribution is 0.754. The van der Waals surface area contributed by atoms with E-state index in [4.69, 9.17) is 11.5 Å². The van der Waals surface area contributed by atoms with E-state index >= 15 is 0 Å². The molecule has 0 saturated carbocycles. The largest absolute Gasteiger partial charge is 0.382 e. The summed E-state index contributed by atoms with van der Waals surface area (Å²) in [7, 11) is -0.546. The number of hydrogen-bond acceptors (Lipinski definition) is 6. The Kier molecular flexibility index (Phi) is 6.02. The normalized spacial score (nSPS) is 12.1. The summed E-state index contributed by atoms with van der Waals surface area (Å²) < 4.78 is 5.43. The van der Waals surface area contributed by atoms with Crippen molar-refractivity contribution in [2.24, 2.45) is 0 Å². The van der Waals surface area contributed by atoms with Crippen LogP contribution in [0.25, 0.3) is 11.0 Å². The topological polar surface area (TPSA) is 112 Å². The van der Waals surface area contributed by atoms with Crippen molar-refractivity contribution < 1.29 is 0 Å². The van der Waals surface area contributed by atoms with Gasteiger partial charge in [0, 0.05) is 0 Å². The van der Waals surface area contributed by atoms with Gasteiger partial charge in [-0.25, -0.2) is 19.0 Å². The number of halogens is 2. The molecule has 0 saturated heterocycles. The zero-order chi connectivity index (χ0) is 21.5. The SMILES string of the molecule is Cc1c(C)c2c(N)nc([SiH2]C(C)(C)C)nn2c1Br.Nc1ncnn2c(Br)ccc12. The highest BCUT2D eigenvalue weighted by atomic mass is 79.9. The molecule has 11 heteroatoms. The summed E-state index contributed by atoms with van der Waals surface area (Å²) in [6.45, 7) is 10.8. The minimum Gasteiger partial charge on any atom is -0.382 e. The molecule has 0 aliphatic heterocycles. The molecule has 0 aliphatic carbocycles. The average Bonchev–Trinajstić information content (AvgIpc) is 3.10. The van der Waals surface area contributed by atoms with E-state index < -0.39 is 9.52 Å². The predicted octanol–water partition coefficient (Wildman–Crippen LogP) is 2.78. The minimum atomic E-state index is -0.546. The Balaban J connectivity index is 0.000000186. The number of aromatic nitrogens is 6. The lowest BCUT2D eigenvalue weighted by Gasteiger charge is -2.16. The third-order valence-corrected chi connectivity index (χ3v) is 7.66. The average molecular weight is 540 g/mol. The van der Waals surface area contributed by atoms with Gasteiger partial charge in [-0.2, -0.15) is 10.2 Å². The first-order valence-electron chi connectivity index (χ1n) is 9.03. The summed E-state index contributed by atoms with van der Waals surface area (Å²) in [5.41, 5.74) is 16.6. The second-order valence-corrected chi connectivity index (χ2v) is 12.7. The highest BCUT2D eigenvalue weighted by Crippen LogP contribution is 2.28. The maximum Gasteiger partial charge on any atom is 0.151 e. The van der Waals surface area contributed by atoms with Crippen LogP contribution >= 0.6 is 31.9 Å². The van der Waals surface area contributed by atoms with Gasteiger partial charge in [-0.05, 0) is 74.0 Å². The van der Waals surface area contributed by atoms with Crippen LogP contribution in [0, 0.1) is 13.8 Å². The molecule has 4 aromatic rings. The zero-order valence-electron chi connectivity index (χ0n) is 17.0. The van der Waals surface area contributed by atoms with E-state index in [9.17, 15) is 0 Å². The van der Waals surface area contributed by atoms with Crippen molar-refractivity contribution in [3.63, 3.8) is 0 Å². The standard InChI is InChI=1S/C12H19BrN4Si.C6H5BrN4/c1-6-7(2)9(13)17-8(6)10(14)15-11(16-17)18-12(3,4)5;7-5-2-1-4-6(8)9-3-10-11(4)5/h18H2,1-5H3,(H2,14,15,16);1-3H,(H2,8,9,10). The third kappa shape index (κ3) is 4.46. The van der Waals surface area contributed by atoms with Crippen molar-refractivity contribution in [2.45, 2.75) is 39.7 Å². The van der Waals surface area contributed by atoms with Crippen molar-refractivity contribution in [3.05, 3.63) is 38.8 Å². The number of aryl methyl sites for hydroxylation is 1. The molecule has 29 heavy (non-hydrogen) atoms. The van der Waals surface area contributed by atoms with E-state index in [1.54, 1.807) is 4.52 Å². The molecule has 8 nitrogen and oxygen atoms in total. The lowest BCUT2D eigenvalue weighted by Crippen LogP contribution is -2.31. The molecule has 0 bridgehead atoms. The molecule has 0 radical (unpaired) electrons. The van der Waals surface area contributed by atoms with Gasteiger partial charge >= 0.3 is 0 Å². The number of fused-ring (bicyclic) bond motifs is 2. The van der Waals surface area contributed by atoms with Crippen LogP contribution in [0.4, 0.5) is 11.6 Å². The molecule has 4 heterocycles. The van der Waals surface area contributed by atoms with Gasteiger partial charge in [-0.15, -0.1) is 0 Å². The van der Waals surface area contributed by atoms with E-state index in [0.29, 0.717) is 11.6 Å². The fourth-order valence-corrected chi connectivity index (χ4v) is 5.32. The lowest BCUT2D eigenvalue weighted by atomic mass is 10.2. The number of nitrogens with two attached hydrogens (primary N) is 2. The summed E-state index contributed by atoms with van der Waals surface area (Å²) >= 11 is 6.90. The molecule has 4 N–H and O–H groups in total. The highest BCUT2D eigenvalue weighted by Gasteiger charge is 2.19. The Labute approximate surface area is 188 Å². The number of nitrogens with zero attached hydrogens (tertiary/aromatic N) is 6. The van der Waals surface area contributed by atoms with Gasteiger partial charge in [0.25, 0.3) is 0 Å². The Morgan fingerprint density at radius 2 is 1.69 bits per heavy atom. The summed E-state index contributed by atoms with van der Waals surface area (Å²) in [6, 6.07) is 3.74. The van der Waals surface area contributed by atoms with Crippen LogP contribution in [-0.4, -0.2) is 38.7 Å². The van der Waals surface area contributed by atoms with Crippen molar-refractivity contribution >= 4 is 69.5 Å². The monoisotopic (exact) mass is 538 g/mol. The first-order valence-corrected chi connectivity index (χ1v) is 12.0. The van der Waals surface area contributed by atoms with Gasteiger partial charge in [0.2, 0.25) is 0 Å². The Morgan fingerprint density at radius 3 is 2.31 bits per heavy atom. The third-order valence-electron chi connectivity index (χ3n) is 4.46. The summed E-state index contributed by atoms with van der Waals surface area (Å²) in [5, 5.41) is 8.90. The first-order chi connectivity index (χ1) is 13.5. The van der Waals surface area contributed by atoms with Gasteiger partial charge in [0.1, 0.15) is 41.5 Å². The van der Waals surface area contributed by atoms with Crippen LogP contribution < -0.4 is 16.9 Å². The molecule has 154 valence electrons. The Morgan fingerprint density at radius 1 is 1.00 bits per heavy atom. The van der Waals surface area contributed by atoms with Crippen LogP contribution in [0.2, 0.25) is 5.04 Å². The molecule has 0 unspecified atom stereocenters. The van der Waals surface area contributed by atoms with Crippen LogP contribution in [-0.2, 0) is 0 Å². The van der Waals surface area contributed by atoms with E-state index in [1.165, 1.54) is 11.9 Å². The van der Waals surface area contributed by atoms with Crippen LogP contribution in [0.3, 0.4) is 0 Å². The Hall–Kier alpha value is -1.98. The second-order valence-electron chi connectivity index (χ2n) is 8.05. The minimum absolute atomic E-state index is 0.282.